The molecule has 0 saturated carbocycles. The molecule has 0 aliphatic heterocycles. The summed E-state index contributed by atoms with van der Waals surface area (Å²) in [5.41, 5.74) is 3.62. The highest BCUT2D eigenvalue weighted by Crippen LogP contribution is 2.26. The molecule has 136 valence electrons. The number of hydrogen-bond donors (Lipinski definition) is 2. The van der Waals surface area contributed by atoms with Crippen LogP contribution in [0.4, 0.5) is 11.4 Å². The van der Waals surface area contributed by atoms with Gasteiger partial charge in [-0.25, -0.2) is 0 Å². The summed E-state index contributed by atoms with van der Waals surface area (Å²) < 4.78 is 5.20. The normalized spacial score (nSPS) is 11.5. The fraction of sp³-hybridized carbons (Fsp3) is 0.286. The van der Waals surface area contributed by atoms with Gasteiger partial charge in [0.2, 0.25) is 0 Å². The second kappa shape index (κ2) is 8.54. The SMILES string of the molecule is CCCN(CCOC)c1ccc(N=Cc2c(O)[nH]c3ccccc23)cc1. The van der Waals surface area contributed by atoms with Gasteiger partial charge in [0.25, 0.3) is 0 Å². The molecule has 0 amide bonds. The monoisotopic (exact) mass is 351 g/mol. The fourth-order valence-corrected chi connectivity index (χ4v) is 3.01. The first kappa shape index (κ1) is 18.0. The Bertz CT molecular complexity index is 869. The second-order valence-corrected chi connectivity index (χ2v) is 6.19. The number of methoxy groups -OCH3 is 1. The van der Waals surface area contributed by atoms with E-state index in [2.05, 4.69) is 33.9 Å². The van der Waals surface area contributed by atoms with Gasteiger partial charge in [-0.2, -0.15) is 0 Å². The van der Waals surface area contributed by atoms with Crippen molar-refractivity contribution in [3.63, 3.8) is 0 Å². The van der Waals surface area contributed by atoms with Crippen LogP contribution in [0.5, 0.6) is 5.88 Å². The maximum atomic E-state index is 10.1. The Morgan fingerprint density at radius 2 is 1.88 bits per heavy atom. The minimum atomic E-state index is 0.139. The predicted molar refractivity (Wildman–Crippen MR) is 108 cm³/mol. The number of aliphatic imine (C=N–C) groups is 1. The average Bonchev–Trinajstić information content (AvgIpc) is 2.99. The lowest BCUT2D eigenvalue weighted by atomic mass is 10.2. The average molecular weight is 351 g/mol. The van der Waals surface area contributed by atoms with Gasteiger partial charge in [-0.15, -0.1) is 0 Å². The van der Waals surface area contributed by atoms with Crippen molar-refractivity contribution in [2.45, 2.75) is 13.3 Å². The number of hydrogen-bond acceptors (Lipinski definition) is 4. The summed E-state index contributed by atoms with van der Waals surface area (Å²) in [6.45, 7) is 4.75. The first-order chi connectivity index (χ1) is 12.7. The number of benzene rings is 2. The standard InChI is InChI=1S/C21H25N3O2/c1-3-12-24(13-14-26-2)17-10-8-16(9-11-17)22-15-19-18-6-4-5-7-20(18)23-21(19)25/h4-11,15,23,25H,3,12-14H2,1-2H3. The van der Waals surface area contributed by atoms with Crippen LogP contribution in [0.2, 0.25) is 0 Å². The number of anilines is 1. The van der Waals surface area contributed by atoms with E-state index in [4.69, 9.17) is 4.74 Å². The van der Waals surface area contributed by atoms with Gasteiger partial charge in [0.1, 0.15) is 0 Å². The molecule has 0 spiro atoms. The van der Waals surface area contributed by atoms with Gasteiger partial charge >= 0.3 is 0 Å². The van der Waals surface area contributed by atoms with Gasteiger partial charge in [0.15, 0.2) is 5.88 Å². The molecule has 2 N–H and O–H groups in total. The number of para-hydroxylation sites is 1. The van der Waals surface area contributed by atoms with Crippen LogP contribution in [-0.4, -0.2) is 43.1 Å². The molecule has 1 aromatic heterocycles. The lowest BCUT2D eigenvalue weighted by Crippen LogP contribution is -2.27. The summed E-state index contributed by atoms with van der Waals surface area (Å²) in [5.74, 6) is 0.139. The molecular weight excluding hydrogens is 326 g/mol. The Morgan fingerprint density at radius 3 is 2.62 bits per heavy atom. The molecule has 5 nitrogen and oxygen atoms in total. The highest BCUT2D eigenvalue weighted by molar-refractivity contribution is 6.02. The molecule has 3 aromatic rings. The van der Waals surface area contributed by atoms with Gasteiger partial charge in [-0.3, -0.25) is 4.99 Å². The molecule has 5 heteroatoms. The van der Waals surface area contributed by atoms with Gasteiger partial charge in [0.05, 0.1) is 17.9 Å². The largest absolute Gasteiger partial charge is 0.494 e. The van der Waals surface area contributed by atoms with Crippen molar-refractivity contribution < 1.29 is 9.84 Å². The zero-order chi connectivity index (χ0) is 18.4. The number of aromatic nitrogens is 1. The molecule has 1 heterocycles. The lowest BCUT2D eigenvalue weighted by molar-refractivity contribution is 0.205. The maximum Gasteiger partial charge on any atom is 0.198 e. The number of nitrogens with zero attached hydrogens (tertiary/aromatic N) is 2. The lowest BCUT2D eigenvalue weighted by Gasteiger charge is -2.24. The summed E-state index contributed by atoms with van der Waals surface area (Å²) in [7, 11) is 1.72. The molecule has 26 heavy (non-hydrogen) atoms. The van der Waals surface area contributed by atoms with Crippen molar-refractivity contribution in [1.82, 2.24) is 4.98 Å². The van der Waals surface area contributed by atoms with E-state index in [9.17, 15) is 5.11 Å². The highest BCUT2D eigenvalue weighted by atomic mass is 16.5. The van der Waals surface area contributed by atoms with Crippen molar-refractivity contribution in [1.29, 1.82) is 0 Å². The number of ether oxygens (including phenoxy) is 1. The Morgan fingerprint density at radius 1 is 1.12 bits per heavy atom. The van der Waals surface area contributed by atoms with Crippen molar-refractivity contribution in [2.75, 3.05) is 31.7 Å². The first-order valence-electron chi connectivity index (χ1n) is 8.90. The smallest absolute Gasteiger partial charge is 0.198 e. The molecule has 0 bridgehead atoms. The van der Waals surface area contributed by atoms with Crippen LogP contribution >= 0.6 is 0 Å². The summed E-state index contributed by atoms with van der Waals surface area (Å²) >= 11 is 0. The van der Waals surface area contributed by atoms with E-state index in [0.29, 0.717) is 12.2 Å². The molecule has 0 radical (unpaired) electrons. The molecule has 0 fully saturated rings. The fourth-order valence-electron chi connectivity index (χ4n) is 3.01. The minimum Gasteiger partial charge on any atom is -0.494 e. The number of aromatic amines is 1. The van der Waals surface area contributed by atoms with Crippen molar-refractivity contribution in [3.8, 4) is 5.88 Å². The Labute approximate surface area is 153 Å². The van der Waals surface area contributed by atoms with E-state index in [0.717, 1.165) is 41.8 Å². The quantitative estimate of drug-likeness (QED) is 0.588. The Hall–Kier alpha value is -2.79. The highest BCUT2D eigenvalue weighted by Gasteiger charge is 2.08. The number of rotatable bonds is 8. The number of nitrogens with one attached hydrogen (secondary N) is 1. The van der Waals surface area contributed by atoms with Crippen LogP contribution in [0.15, 0.2) is 53.5 Å². The summed E-state index contributed by atoms with van der Waals surface area (Å²) in [6.07, 6.45) is 2.79. The van der Waals surface area contributed by atoms with Crippen LogP contribution in [-0.2, 0) is 4.74 Å². The number of fused-ring (bicyclic) bond motifs is 1. The third-order valence-electron chi connectivity index (χ3n) is 4.34. The van der Waals surface area contributed by atoms with Crippen LogP contribution in [0.1, 0.15) is 18.9 Å². The minimum absolute atomic E-state index is 0.139. The van der Waals surface area contributed by atoms with Crippen molar-refractivity contribution >= 4 is 28.5 Å². The molecule has 0 unspecified atom stereocenters. The second-order valence-electron chi connectivity index (χ2n) is 6.19. The summed E-state index contributed by atoms with van der Waals surface area (Å²) in [4.78, 5) is 9.79. The number of H-pyrrole nitrogens is 1. The van der Waals surface area contributed by atoms with Crippen LogP contribution in [0, 0.1) is 0 Å². The predicted octanol–water partition coefficient (Wildman–Crippen LogP) is 4.49. The van der Waals surface area contributed by atoms with Gasteiger partial charge < -0.3 is 19.7 Å². The van der Waals surface area contributed by atoms with E-state index >= 15 is 0 Å². The summed E-state index contributed by atoms with van der Waals surface area (Å²) in [5, 5.41) is 11.1. The van der Waals surface area contributed by atoms with E-state index in [1.807, 2.05) is 36.4 Å². The third-order valence-corrected chi connectivity index (χ3v) is 4.34. The molecule has 3 rings (SSSR count). The topological polar surface area (TPSA) is 60.9 Å². The van der Waals surface area contributed by atoms with Gasteiger partial charge in [-0.05, 0) is 36.8 Å². The van der Waals surface area contributed by atoms with E-state index in [1.54, 1.807) is 13.3 Å². The first-order valence-corrected chi connectivity index (χ1v) is 8.90. The van der Waals surface area contributed by atoms with Crippen molar-refractivity contribution in [2.24, 2.45) is 4.99 Å². The summed E-state index contributed by atoms with van der Waals surface area (Å²) in [6, 6.07) is 15.9. The zero-order valence-corrected chi connectivity index (χ0v) is 15.3. The van der Waals surface area contributed by atoms with Crippen molar-refractivity contribution in [3.05, 3.63) is 54.1 Å². The van der Waals surface area contributed by atoms with Crippen LogP contribution in [0.25, 0.3) is 10.9 Å². The van der Waals surface area contributed by atoms with Crippen LogP contribution < -0.4 is 4.90 Å². The van der Waals surface area contributed by atoms with E-state index in [-0.39, 0.29) is 5.88 Å². The van der Waals surface area contributed by atoms with E-state index < -0.39 is 0 Å². The zero-order valence-electron chi connectivity index (χ0n) is 15.3. The number of aromatic hydroxyl groups is 1. The Kier molecular flexibility index (Phi) is 5.92. The molecule has 0 saturated heterocycles. The Balaban J connectivity index is 1.78. The maximum absolute atomic E-state index is 10.1. The third kappa shape index (κ3) is 4.06. The molecule has 2 aromatic carbocycles. The molecular formula is C21H25N3O2. The molecule has 0 atom stereocenters. The molecule has 0 aliphatic carbocycles. The molecule has 0 aliphatic rings. The van der Waals surface area contributed by atoms with Gasteiger partial charge in [-0.1, -0.05) is 25.1 Å². The van der Waals surface area contributed by atoms with Crippen LogP contribution in [0.3, 0.4) is 0 Å². The van der Waals surface area contributed by atoms with E-state index in [1.165, 1.54) is 0 Å². The van der Waals surface area contributed by atoms with Gasteiger partial charge in [0, 0.05) is 43.0 Å².